The van der Waals surface area contributed by atoms with Crippen LogP contribution in [0.25, 0.3) is 0 Å². The van der Waals surface area contributed by atoms with E-state index < -0.39 is 0 Å². The van der Waals surface area contributed by atoms with Crippen molar-refractivity contribution in [2.75, 3.05) is 0 Å². The largest absolute Gasteiger partial charge is 0.0622 e. The fourth-order valence-electron chi connectivity index (χ4n) is 1.80. The van der Waals surface area contributed by atoms with Gasteiger partial charge in [-0.2, -0.15) is 0 Å². The first-order valence-electron chi connectivity index (χ1n) is 3.54. The minimum atomic E-state index is 0.652. The lowest BCUT2D eigenvalue weighted by Gasteiger charge is -2.48. The third-order valence-corrected chi connectivity index (χ3v) is 2.93. The van der Waals surface area contributed by atoms with Gasteiger partial charge < -0.3 is 0 Å². The van der Waals surface area contributed by atoms with Crippen LogP contribution >= 0.6 is 0 Å². The topological polar surface area (TPSA) is 0 Å². The van der Waals surface area contributed by atoms with Crippen molar-refractivity contribution in [1.82, 2.24) is 0 Å². The van der Waals surface area contributed by atoms with Crippen molar-refractivity contribution in [2.45, 2.75) is 34.1 Å². The van der Waals surface area contributed by atoms with Gasteiger partial charge in [-0.1, -0.05) is 27.7 Å². The molecule has 0 aliphatic heterocycles. The molecule has 8 heavy (non-hydrogen) atoms. The lowest BCUT2D eigenvalue weighted by atomic mass is 9.57. The van der Waals surface area contributed by atoms with Gasteiger partial charge in [0.05, 0.1) is 0 Å². The van der Waals surface area contributed by atoms with Crippen molar-refractivity contribution in [3.05, 3.63) is 0 Å². The van der Waals surface area contributed by atoms with Gasteiger partial charge in [0, 0.05) is 0 Å². The zero-order chi connectivity index (χ0) is 6.36. The molecule has 1 rings (SSSR count). The molecule has 0 amide bonds. The minimum Gasteiger partial charge on any atom is -0.0622 e. The van der Waals surface area contributed by atoms with Crippen molar-refractivity contribution in [2.24, 2.45) is 17.3 Å². The standard InChI is InChI=1S/C8H16/c1-6-5-8(3,4)7(6)2/h6-7H,5H2,1-4H3. The highest BCUT2D eigenvalue weighted by molar-refractivity contribution is 4.90. The van der Waals surface area contributed by atoms with Crippen LogP contribution in [0, 0.1) is 17.3 Å². The van der Waals surface area contributed by atoms with E-state index in [2.05, 4.69) is 27.7 Å². The summed E-state index contributed by atoms with van der Waals surface area (Å²) in [5.74, 6) is 1.92. The van der Waals surface area contributed by atoms with Gasteiger partial charge >= 0.3 is 0 Å². The molecule has 48 valence electrons. The Kier molecular flexibility index (Phi) is 1.14. The van der Waals surface area contributed by atoms with Gasteiger partial charge in [0.25, 0.3) is 0 Å². The summed E-state index contributed by atoms with van der Waals surface area (Å²) < 4.78 is 0. The maximum atomic E-state index is 2.36. The van der Waals surface area contributed by atoms with Crippen LogP contribution in [0.4, 0.5) is 0 Å². The zero-order valence-corrected chi connectivity index (χ0v) is 6.36. The van der Waals surface area contributed by atoms with E-state index in [-0.39, 0.29) is 0 Å². The van der Waals surface area contributed by atoms with Crippen LogP contribution in [0.5, 0.6) is 0 Å². The molecule has 1 fully saturated rings. The van der Waals surface area contributed by atoms with Crippen molar-refractivity contribution >= 4 is 0 Å². The van der Waals surface area contributed by atoms with Crippen molar-refractivity contribution in [3.63, 3.8) is 0 Å². The molecule has 2 unspecified atom stereocenters. The van der Waals surface area contributed by atoms with Gasteiger partial charge in [-0.05, 0) is 23.7 Å². The Morgan fingerprint density at radius 1 is 1.25 bits per heavy atom. The van der Waals surface area contributed by atoms with E-state index in [1.54, 1.807) is 0 Å². The summed E-state index contributed by atoms with van der Waals surface area (Å²) in [7, 11) is 0. The van der Waals surface area contributed by atoms with Gasteiger partial charge in [0.1, 0.15) is 0 Å². The summed E-state index contributed by atoms with van der Waals surface area (Å²) in [6.45, 7) is 9.42. The van der Waals surface area contributed by atoms with E-state index in [9.17, 15) is 0 Å². The average Bonchev–Trinajstić information content (AvgIpc) is 1.65. The van der Waals surface area contributed by atoms with E-state index in [0.717, 1.165) is 11.8 Å². The molecule has 0 N–H and O–H groups in total. The van der Waals surface area contributed by atoms with E-state index in [1.807, 2.05) is 0 Å². The van der Waals surface area contributed by atoms with Crippen LogP contribution in [0.15, 0.2) is 0 Å². The molecular formula is C8H16. The number of hydrogen-bond donors (Lipinski definition) is 0. The van der Waals surface area contributed by atoms with E-state index in [4.69, 9.17) is 0 Å². The maximum absolute atomic E-state index is 2.36. The molecular weight excluding hydrogens is 96.1 g/mol. The molecule has 0 saturated heterocycles. The molecule has 0 aromatic carbocycles. The smallest absolute Gasteiger partial charge is 0.0323 e. The molecule has 1 aliphatic carbocycles. The summed E-state index contributed by atoms with van der Waals surface area (Å²) in [6, 6.07) is 0. The maximum Gasteiger partial charge on any atom is -0.0323 e. The molecule has 0 aromatic heterocycles. The quantitative estimate of drug-likeness (QED) is 0.452. The Morgan fingerprint density at radius 3 is 1.75 bits per heavy atom. The fourth-order valence-corrected chi connectivity index (χ4v) is 1.80. The van der Waals surface area contributed by atoms with Crippen LogP contribution < -0.4 is 0 Å². The first-order chi connectivity index (χ1) is 3.54. The highest BCUT2D eigenvalue weighted by Crippen LogP contribution is 2.49. The summed E-state index contributed by atoms with van der Waals surface area (Å²) in [6.07, 6.45) is 1.42. The van der Waals surface area contributed by atoms with Crippen LogP contribution in [0.1, 0.15) is 34.1 Å². The molecule has 0 bridgehead atoms. The minimum absolute atomic E-state index is 0.652. The second-order valence-corrected chi connectivity index (χ2v) is 3.96. The third-order valence-electron chi connectivity index (χ3n) is 2.93. The Morgan fingerprint density at radius 2 is 1.75 bits per heavy atom. The second-order valence-electron chi connectivity index (χ2n) is 3.96. The molecule has 0 nitrogen and oxygen atoms in total. The average molecular weight is 112 g/mol. The molecule has 0 aromatic rings. The fraction of sp³-hybridized carbons (Fsp3) is 1.00. The summed E-state index contributed by atoms with van der Waals surface area (Å²) in [5.41, 5.74) is 0.652. The van der Waals surface area contributed by atoms with Crippen molar-refractivity contribution in [1.29, 1.82) is 0 Å². The van der Waals surface area contributed by atoms with Crippen molar-refractivity contribution < 1.29 is 0 Å². The van der Waals surface area contributed by atoms with Gasteiger partial charge in [0.15, 0.2) is 0 Å². The van der Waals surface area contributed by atoms with Crippen LogP contribution in [0.3, 0.4) is 0 Å². The Hall–Kier alpha value is 0. The predicted molar refractivity (Wildman–Crippen MR) is 36.7 cm³/mol. The Bertz CT molecular complexity index is 92.2. The van der Waals surface area contributed by atoms with Gasteiger partial charge in [0.2, 0.25) is 0 Å². The SMILES string of the molecule is CC1CC(C)(C)C1C. The summed E-state index contributed by atoms with van der Waals surface area (Å²) in [5, 5.41) is 0. The highest BCUT2D eigenvalue weighted by Gasteiger charge is 2.40. The summed E-state index contributed by atoms with van der Waals surface area (Å²) in [4.78, 5) is 0. The normalized spacial score (nSPS) is 43.5. The molecule has 2 atom stereocenters. The molecule has 0 heterocycles. The van der Waals surface area contributed by atoms with E-state index in [1.165, 1.54) is 6.42 Å². The lowest BCUT2D eigenvalue weighted by Crippen LogP contribution is -2.40. The van der Waals surface area contributed by atoms with Crippen LogP contribution in [-0.4, -0.2) is 0 Å². The van der Waals surface area contributed by atoms with Crippen LogP contribution in [0.2, 0.25) is 0 Å². The first-order valence-corrected chi connectivity index (χ1v) is 3.54. The Balaban J connectivity index is 2.47. The lowest BCUT2D eigenvalue weighted by molar-refractivity contribution is 0.0151. The molecule has 0 radical (unpaired) electrons. The predicted octanol–water partition coefficient (Wildman–Crippen LogP) is 2.69. The molecule has 1 aliphatic rings. The first kappa shape index (κ1) is 6.12. The van der Waals surface area contributed by atoms with E-state index >= 15 is 0 Å². The molecule has 0 heteroatoms. The third kappa shape index (κ3) is 0.667. The van der Waals surface area contributed by atoms with Crippen LogP contribution in [-0.2, 0) is 0 Å². The number of hydrogen-bond acceptors (Lipinski definition) is 0. The van der Waals surface area contributed by atoms with E-state index in [0.29, 0.717) is 5.41 Å². The van der Waals surface area contributed by atoms with Gasteiger partial charge in [-0.15, -0.1) is 0 Å². The second kappa shape index (κ2) is 1.49. The monoisotopic (exact) mass is 112 g/mol. The molecule has 0 spiro atoms. The van der Waals surface area contributed by atoms with Gasteiger partial charge in [-0.25, -0.2) is 0 Å². The van der Waals surface area contributed by atoms with Gasteiger partial charge in [-0.3, -0.25) is 0 Å². The molecule has 1 saturated carbocycles. The Labute approximate surface area is 52.3 Å². The summed E-state index contributed by atoms with van der Waals surface area (Å²) >= 11 is 0. The van der Waals surface area contributed by atoms with Crippen molar-refractivity contribution in [3.8, 4) is 0 Å². The number of rotatable bonds is 0. The highest BCUT2D eigenvalue weighted by atomic mass is 14.5. The zero-order valence-electron chi connectivity index (χ0n) is 6.36.